The van der Waals surface area contributed by atoms with Gasteiger partial charge in [-0.15, -0.1) is 11.8 Å². The zero-order valence-corrected chi connectivity index (χ0v) is 11.9. The number of aromatic carboxylic acids is 1. The molecule has 104 valence electrons. The minimum absolute atomic E-state index is 0.275. The van der Waals surface area contributed by atoms with Crippen LogP contribution in [0.3, 0.4) is 0 Å². The summed E-state index contributed by atoms with van der Waals surface area (Å²) in [5, 5.41) is 8.84. The van der Waals surface area contributed by atoms with Crippen LogP contribution in [0.2, 0.25) is 0 Å². The Kier molecular flexibility index (Phi) is 4.90. The summed E-state index contributed by atoms with van der Waals surface area (Å²) in [4.78, 5) is 11.9. The van der Waals surface area contributed by atoms with Gasteiger partial charge in [-0.3, -0.25) is 5.43 Å². The largest absolute Gasteiger partial charge is 0.478 e. The molecule has 4 nitrogen and oxygen atoms in total. The van der Waals surface area contributed by atoms with Crippen molar-refractivity contribution in [3.05, 3.63) is 54.1 Å². The van der Waals surface area contributed by atoms with Gasteiger partial charge in [0.2, 0.25) is 0 Å². The van der Waals surface area contributed by atoms with Gasteiger partial charge >= 0.3 is 5.97 Å². The van der Waals surface area contributed by atoms with Crippen LogP contribution in [0.25, 0.3) is 0 Å². The van der Waals surface area contributed by atoms with Crippen LogP contribution >= 0.6 is 11.8 Å². The van der Waals surface area contributed by atoms with E-state index in [-0.39, 0.29) is 5.56 Å². The molecule has 0 fully saturated rings. The van der Waals surface area contributed by atoms with E-state index >= 15 is 0 Å². The Bertz CT molecular complexity index is 585. The molecule has 0 bridgehead atoms. The van der Waals surface area contributed by atoms with Crippen LogP contribution in [0.15, 0.2) is 53.4 Å². The van der Waals surface area contributed by atoms with Crippen molar-refractivity contribution in [1.82, 2.24) is 0 Å². The smallest absolute Gasteiger partial charge is 0.335 e. The van der Waals surface area contributed by atoms with Gasteiger partial charge in [0, 0.05) is 4.90 Å². The van der Waals surface area contributed by atoms with Crippen LogP contribution in [0.4, 0.5) is 11.4 Å². The number of para-hydroxylation sites is 1. The Hall–Kier alpha value is -2.14. The van der Waals surface area contributed by atoms with Crippen molar-refractivity contribution >= 4 is 29.1 Å². The van der Waals surface area contributed by atoms with Gasteiger partial charge < -0.3 is 10.5 Å². The molecule has 0 spiro atoms. The first kappa shape index (κ1) is 14.3. The van der Waals surface area contributed by atoms with E-state index in [1.807, 2.05) is 18.2 Å². The summed E-state index contributed by atoms with van der Waals surface area (Å²) in [6.07, 6.45) is 0. The molecule has 2 aromatic carbocycles. The van der Waals surface area contributed by atoms with Crippen molar-refractivity contribution in [1.29, 1.82) is 0 Å². The summed E-state index contributed by atoms with van der Waals surface area (Å²) in [6, 6.07) is 14.6. The molecule has 3 N–H and O–H groups in total. The molecular formula is C15H16N2O2S. The predicted molar refractivity (Wildman–Crippen MR) is 83.5 cm³/mol. The van der Waals surface area contributed by atoms with Crippen LogP contribution in [0, 0.1) is 0 Å². The average Bonchev–Trinajstić information content (AvgIpc) is 2.47. The van der Waals surface area contributed by atoms with Crippen molar-refractivity contribution in [2.24, 2.45) is 0 Å². The van der Waals surface area contributed by atoms with Gasteiger partial charge in [0.15, 0.2) is 0 Å². The maximum absolute atomic E-state index is 10.8. The SMILES string of the molecule is CCSc1ccccc1NNc1ccc(C(=O)O)cc1. The first-order valence-corrected chi connectivity index (χ1v) is 7.26. The van der Waals surface area contributed by atoms with Crippen LogP contribution in [-0.2, 0) is 0 Å². The number of hydrazine groups is 1. The highest BCUT2D eigenvalue weighted by Gasteiger charge is 2.03. The van der Waals surface area contributed by atoms with E-state index in [1.165, 1.54) is 4.90 Å². The van der Waals surface area contributed by atoms with Crippen molar-refractivity contribution in [3.8, 4) is 0 Å². The number of carboxylic acid groups (broad SMARTS) is 1. The van der Waals surface area contributed by atoms with Gasteiger partial charge in [-0.1, -0.05) is 19.1 Å². The topological polar surface area (TPSA) is 61.4 Å². The van der Waals surface area contributed by atoms with Gasteiger partial charge in [-0.05, 0) is 42.2 Å². The molecule has 20 heavy (non-hydrogen) atoms. The molecule has 0 heterocycles. The van der Waals surface area contributed by atoms with Crippen LogP contribution in [0.1, 0.15) is 17.3 Å². The fraction of sp³-hybridized carbons (Fsp3) is 0.133. The van der Waals surface area contributed by atoms with Crippen molar-refractivity contribution in [3.63, 3.8) is 0 Å². The zero-order valence-electron chi connectivity index (χ0n) is 11.1. The molecule has 0 amide bonds. The Balaban J connectivity index is 2.03. The van der Waals surface area contributed by atoms with Crippen LogP contribution in [0.5, 0.6) is 0 Å². The molecule has 2 rings (SSSR count). The Labute approximate surface area is 122 Å². The lowest BCUT2D eigenvalue weighted by atomic mass is 10.2. The third-order valence-electron chi connectivity index (χ3n) is 2.66. The highest BCUT2D eigenvalue weighted by Crippen LogP contribution is 2.26. The summed E-state index contributed by atoms with van der Waals surface area (Å²) in [7, 11) is 0. The first-order chi connectivity index (χ1) is 9.70. The lowest BCUT2D eigenvalue weighted by molar-refractivity contribution is 0.0697. The Morgan fingerprint density at radius 2 is 1.80 bits per heavy atom. The molecule has 2 aromatic rings. The number of carbonyl (C=O) groups is 1. The second kappa shape index (κ2) is 6.86. The van der Waals surface area contributed by atoms with Gasteiger partial charge in [-0.25, -0.2) is 4.79 Å². The van der Waals surface area contributed by atoms with Crippen LogP contribution < -0.4 is 10.9 Å². The molecule has 0 saturated heterocycles. The molecule has 0 saturated carbocycles. The number of rotatable bonds is 6. The number of benzene rings is 2. The Morgan fingerprint density at radius 3 is 2.45 bits per heavy atom. The molecule has 0 unspecified atom stereocenters. The monoisotopic (exact) mass is 288 g/mol. The minimum Gasteiger partial charge on any atom is -0.478 e. The molecule has 5 heteroatoms. The zero-order chi connectivity index (χ0) is 14.4. The highest BCUT2D eigenvalue weighted by atomic mass is 32.2. The standard InChI is InChI=1S/C15H16N2O2S/c1-2-20-14-6-4-3-5-13(14)17-16-12-9-7-11(8-10-12)15(18)19/h3-10,16-17H,2H2,1H3,(H,18,19). The molecule has 0 atom stereocenters. The molecule has 0 aliphatic carbocycles. The number of anilines is 2. The molecule has 0 aliphatic rings. The molecule has 0 radical (unpaired) electrons. The Morgan fingerprint density at radius 1 is 1.10 bits per heavy atom. The predicted octanol–water partition coefficient (Wildman–Crippen LogP) is 3.94. The average molecular weight is 288 g/mol. The maximum atomic E-state index is 10.8. The summed E-state index contributed by atoms with van der Waals surface area (Å²) < 4.78 is 0. The summed E-state index contributed by atoms with van der Waals surface area (Å²) in [6.45, 7) is 2.11. The molecular weight excluding hydrogens is 272 g/mol. The van der Waals surface area contributed by atoms with E-state index in [0.29, 0.717) is 0 Å². The van der Waals surface area contributed by atoms with E-state index in [4.69, 9.17) is 5.11 Å². The van der Waals surface area contributed by atoms with Gasteiger partial charge in [0.25, 0.3) is 0 Å². The van der Waals surface area contributed by atoms with Gasteiger partial charge in [0.1, 0.15) is 0 Å². The van der Waals surface area contributed by atoms with Crippen molar-refractivity contribution in [2.75, 3.05) is 16.6 Å². The van der Waals surface area contributed by atoms with Gasteiger partial charge in [0.05, 0.1) is 16.9 Å². The molecule has 0 aliphatic heterocycles. The lowest BCUT2D eigenvalue weighted by Gasteiger charge is -2.13. The van der Waals surface area contributed by atoms with E-state index in [1.54, 1.807) is 36.0 Å². The fourth-order valence-electron chi connectivity index (χ4n) is 1.69. The van der Waals surface area contributed by atoms with Gasteiger partial charge in [-0.2, -0.15) is 0 Å². The fourth-order valence-corrected chi connectivity index (χ4v) is 2.45. The summed E-state index contributed by atoms with van der Waals surface area (Å²) in [5.41, 5.74) is 8.30. The number of hydrogen-bond acceptors (Lipinski definition) is 4. The summed E-state index contributed by atoms with van der Waals surface area (Å²) >= 11 is 1.76. The summed E-state index contributed by atoms with van der Waals surface area (Å²) in [5.74, 6) is 0.0839. The van der Waals surface area contributed by atoms with Crippen molar-refractivity contribution in [2.45, 2.75) is 11.8 Å². The molecule has 0 aromatic heterocycles. The highest BCUT2D eigenvalue weighted by molar-refractivity contribution is 7.99. The normalized spacial score (nSPS) is 10.1. The second-order valence-corrected chi connectivity index (χ2v) is 5.37. The van der Waals surface area contributed by atoms with Crippen LogP contribution in [-0.4, -0.2) is 16.8 Å². The maximum Gasteiger partial charge on any atom is 0.335 e. The van der Waals surface area contributed by atoms with E-state index in [0.717, 1.165) is 17.1 Å². The number of hydrogen-bond donors (Lipinski definition) is 3. The number of thioether (sulfide) groups is 1. The third-order valence-corrected chi connectivity index (χ3v) is 3.62. The number of nitrogens with one attached hydrogen (secondary N) is 2. The number of carboxylic acids is 1. The minimum atomic E-state index is -0.922. The lowest BCUT2D eigenvalue weighted by Crippen LogP contribution is -2.09. The van der Waals surface area contributed by atoms with E-state index < -0.39 is 5.97 Å². The van der Waals surface area contributed by atoms with E-state index in [2.05, 4.69) is 23.8 Å². The quantitative estimate of drug-likeness (QED) is 0.555. The van der Waals surface area contributed by atoms with E-state index in [9.17, 15) is 4.79 Å². The first-order valence-electron chi connectivity index (χ1n) is 6.28. The van der Waals surface area contributed by atoms with Crippen molar-refractivity contribution < 1.29 is 9.90 Å². The second-order valence-electron chi connectivity index (χ2n) is 4.06. The third kappa shape index (κ3) is 3.68.